The molecule has 10 heavy (non-hydrogen) atoms. The van der Waals surface area contributed by atoms with Crippen LogP contribution >= 0.6 is 0 Å². The van der Waals surface area contributed by atoms with Crippen LogP contribution in [-0.4, -0.2) is 29.7 Å². The molecule has 0 radical (unpaired) electrons. The average molecular weight is 141 g/mol. The molecule has 1 aliphatic rings. The van der Waals surface area contributed by atoms with E-state index in [1.54, 1.807) is 0 Å². The van der Waals surface area contributed by atoms with Gasteiger partial charge in [0.1, 0.15) is 0 Å². The molecule has 0 aliphatic carbocycles. The zero-order chi connectivity index (χ0) is 7.56. The monoisotopic (exact) mass is 141 g/mol. The molecule has 3 heteroatoms. The van der Waals surface area contributed by atoms with Crippen molar-refractivity contribution in [1.29, 1.82) is 0 Å². The molecular formula is C7H15N3. The van der Waals surface area contributed by atoms with Crippen molar-refractivity contribution in [3.05, 3.63) is 12.4 Å². The van der Waals surface area contributed by atoms with Crippen LogP contribution in [0, 0.1) is 0 Å². The quantitative estimate of drug-likeness (QED) is 0.602. The molecule has 1 aliphatic heterocycles. The standard InChI is InChI=1S/C7H15N3/c1-3-4-10-6-5-9(2)7(10)8/h5-7H,3-4,8H2,1-2H3. The first-order chi connectivity index (χ1) is 4.75. The van der Waals surface area contributed by atoms with Crippen molar-refractivity contribution in [2.45, 2.75) is 19.6 Å². The molecule has 3 nitrogen and oxygen atoms in total. The van der Waals surface area contributed by atoms with Crippen molar-refractivity contribution in [3.8, 4) is 0 Å². The van der Waals surface area contributed by atoms with Crippen LogP contribution in [0.15, 0.2) is 12.4 Å². The highest BCUT2D eigenvalue weighted by Gasteiger charge is 2.16. The second-order valence-corrected chi connectivity index (χ2v) is 2.62. The van der Waals surface area contributed by atoms with Gasteiger partial charge in [-0.05, 0) is 6.42 Å². The zero-order valence-electron chi connectivity index (χ0n) is 6.62. The Hall–Kier alpha value is -0.700. The molecule has 2 N–H and O–H groups in total. The maximum Gasteiger partial charge on any atom is 0.154 e. The van der Waals surface area contributed by atoms with Gasteiger partial charge in [-0.25, -0.2) is 0 Å². The number of hydrogen-bond donors (Lipinski definition) is 1. The maximum absolute atomic E-state index is 5.80. The van der Waals surface area contributed by atoms with E-state index in [1.807, 2.05) is 24.3 Å². The Labute approximate surface area is 62.1 Å². The Kier molecular flexibility index (Phi) is 2.17. The van der Waals surface area contributed by atoms with Gasteiger partial charge in [0.15, 0.2) is 6.29 Å². The summed E-state index contributed by atoms with van der Waals surface area (Å²) in [4.78, 5) is 4.12. The Morgan fingerprint density at radius 1 is 1.50 bits per heavy atom. The summed E-state index contributed by atoms with van der Waals surface area (Å²) in [6.45, 7) is 3.20. The van der Waals surface area contributed by atoms with Gasteiger partial charge in [-0.2, -0.15) is 0 Å². The summed E-state index contributed by atoms with van der Waals surface area (Å²) in [6.07, 6.45) is 5.24. The fraction of sp³-hybridized carbons (Fsp3) is 0.714. The van der Waals surface area contributed by atoms with E-state index in [2.05, 4.69) is 11.8 Å². The van der Waals surface area contributed by atoms with Crippen molar-refractivity contribution in [2.24, 2.45) is 5.73 Å². The largest absolute Gasteiger partial charge is 0.347 e. The molecule has 0 spiro atoms. The first-order valence-corrected chi connectivity index (χ1v) is 3.67. The highest BCUT2D eigenvalue weighted by Crippen LogP contribution is 2.08. The van der Waals surface area contributed by atoms with E-state index < -0.39 is 0 Å². The minimum absolute atomic E-state index is 0.0555. The Bertz CT molecular complexity index is 133. The van der Waals surface area contributed by atoms with E-state index in [9.17, 15) is 0 Å². The smallest absolute Gasteiger partial charge is 0.154 e. The third-order valence-electron chi connectivity index (χ3n) is 1.73. The van der Waals surface area contributed by atoms with Gasteiger partial charge in [0.05, 0.1) is 0 Å². The molecule has 0 fully saturated rings. The van der Waals surface area contributed by atoms with Gasteiger partial charge in [-0.1, -0.05) is 6.92 Å². The molecule has 0 bridgehead atoms. The van der Waals surface area contributed by atoms with E-state index in [0.717, 1.165) is 13.0 Å². The summed E-state index contributed by atoms with van der Waals surface area (Å²) in [7, 11) is 1.98. The molecule has 1 heterocycles. The first-order valence-electron chi connectivity index (χ1n) is 3.67. The van der Waals surface area contributed by atoms with Crippen LogP contribution in [-0.2, 0) is 0 Å². The molecular weight excluding hydrogens is 126 g/mol. The lowest BCUT2D eigenvalue weighted by Gasteiger charge is -2.25. The molecule has 0 amide bonds. The average Bonchev–Trinajstić information content (AvgIpc) is 2.20. The topological polar surface area (TPSA) is 32.5 Å². The lowest BCUT2D eigenvalue weighted by molar-refractivity contribution is 0.183. The van der Waals surface area contributed by atoms with E-state index >= 15 is 0 Å². The fourth-order valence-corrected chi connectivity index (χ4v) is 1.07. The van der Waals surface area contributed by atoms with Crippen molar-refractivity contribution >= 4 is 0 Å². The fourth-order valence-electron chi connectivity index (χ4n) is 1.07. The zero-order valence-corrected chi connectivity index (χ0v) is 6.62. The van der Waals surface area contributed by atoms with Crippen LogP contribution in [0.5, 0.6) is 0 Å². The van der Waals surface area contributed by atoms with Crippen LogP contribution in [0.2, 0.25) is 0 Å². The van der Waals surface area contributed by atoms with Crippen LogP contribution in [0.25, 0.3) is 0 Å². The summed E-state index contributed by atoms with van der Waals surface area (Å²) in [5, 5.41) is 0. The molecule has 1 unspecified atom stereocenters. The SMILES string of the molecule is CCCN1C=CN(C)C1N. The van der Waals surface area contributed by atoms with Crippen LogP contribution < -0.4 is 5.73 Å². The third-order valence-corrected chi connectivity index (χ3v) is 1.73. The Morgan fingerprint density at radius 3 is 2.60 bits per heavy atom. The van der Waals surface area contributed by atoms with E-state index in [4.69, 9.17) is 5.73 Å². The first kappa shape index (κ1) is 7.41. The van der Waals surface area contributed by atoms with Crippen molar-refractivity contribution in [3.63, 3.8) is 0 Å². The minimum atomic E-state index is 0.0555. The summed E-state index contributed by atoms with van der Waals surface area (Å²) in [6, 6.07) is 0. The highest BCUT2D eigenvalue weighted by atomic mass is 15.4. The van der Waals surface area contributed by atoms with Gasteiger partial charge in [0.2, 0.25) is 0 Å². The van der Waals surface area contributed by atoms with Crippen molar-refractivity contribution < 1.29 is 0 Å². The van der Waals surface area contributed by atoms with Gasteiger partial charge >= 0.3 is 0 Å². The molecule has 0 aromatic heterocycles. The lowest BCUT2D eigenvalue weighted by Crippen LogP contribution is -2.44. The predicted octanol–water partition coefficient (Wildman–Crippen LogP) is 0.357. The molecule has 0 aromatic rings. The molecule has 0 aromatic carbocycles. The Balaban J connectivity index is 2.41. The van der Waals surface area contributed by atoms with E-state index in [1.165, 1.54) is 0 Å². The number of nitrogens with zero attached hydrogens (tertiary/aromatic N) is 2. The van der Waals surface area contributed by atoms with Gasteiger partial charge in [0, 0.05) is 26.0 Å². The van der Waals surface area contributed by atoms with Crippen molar-refractivity contribution in [2.75, 3.05) is 13.6 Å². The van der Waals surface area contributed by atoms with Gasteiger partial charge in [0.25, 0.3) is 0 Å². The summed E-state index contributed by atoms with van der Waals surface area (Å²) < 4.78 is 0. The molecule has 58 valence electrons. The third kappa shape index (κ3) is 1.24. The highest BCUT2D eigenvalue weighted by molar-refractivity contribution is 4.92. The van der Waals surface area contributed by atoms with Gasteiger partial charge < -0.3 is 9.80 Å². The second kappa shape index (κ2) is 2.92. The maximum atomic E-state index is 5.80. The molecule has 1 atom stereocenters. The van der Waals surface area contributed by atoms with E-state index in [0.29, 0.717) is 0 Å². The second-order valence-electron chi connectivity index (χ2n) is 2.62. The van der Waals surface area contributed by atoms with Crippen LogP contribution in [0.1, 0.15) is 13.3 Å². The molecule has 1 rings (SSSR count). The summed E-state index contributed by atoms with van der Waals surface area (Å²) in [5.74, 6) is 0. The predicted molar refractivity (Wildman–Crippen MR) is 41.9 cm³/mol. The van der Waals surface area contributed by atoms with Crippen molar-refractivity contribution in [1.82, 2.24) is 9.80 Å². The molecule has 0 saturated heterocycles. The Morgan fingerprint density at radius 2 is 2.20 bits per heavy atom. The number of hydrogen-bond acceptors (Lipinski definition) is 3. The lowest BCUT2D eigenvalue weighted by atomic mass is 10.4. The van der Waals surface area contributed by atoms with Crippen LogP contribution in [0.4, 0.5) is 0 Å². The normalized spacial score (nSPS) is 24.5. The number of rotatable bonds is 2. The summed E-state index contributed by atoms with van der Waals surface area (Å²) in [5.41, 5.74) is 5.80. The molecule has 0 saturated carbocycles. The summed E-state index contributed by atoms with van der Waals surface area (Å²) >= 11 is 0. The van der Waals surface area contributed by atoms with Gasteiger partial charge in [-0.15, -0.1) is 0 Å². The minimum Gasteiger partial charge on any atom is -0.347 e. The van der Waals surface area contributed by atoms with Crippen LogP contribution in [0.3, 0.4) is 0 Å². The number of nitrogens with two attached hydrogens (primary N) is 1. The van der Waals surface area contributed by atoms with Gasteiger partial charge in [-0.3, -0.25) is 5.73 Å². The van der Waals surface area contributed by atoms with E-state index in [-0.39, 0.29) is 6.29 Å².